The second-order valence-electron chi connectivity index (χ2n) is 4.54. The van der Waals surface area contributed by atoms with Crippen LogP contribution in [0, 0.1) is 0 Å². The summed E-state index contributed by atoms with van der Waals surface area (Å²) in [5, 5.41) is 5.97. The van der Waals surface area contributed by atoms with Gasteiger partial charge in [-0.1, -0.05) is 23.8 Å². The van der Waals surface area contributed by atoms with Crippen molar-refractivity contribution in [2.24, 2.45) is 0 Å². The number of hydrogen-bond donors (Lipinski definition) is 2. The summed E-state index contributed by atoms with van der Waals surface area (Å²) >= 11 is 12.0. The Morgan fingerprint density at radius 2 is 2.37 bits per heavy atom. The second-order valence-corrected chi connectivity index (χ2v) is 5.56. The van der Waals surface area contributed by atoms with Crippen molar-refractivity contribution in [1.82, 2.24) is 15.5 Å². The lowest BCUT2D eigenvalue weighted by Crippen LogP contribution is -2.44. The van der Waals surface area contributed by atoms with Gasteiger partial charge in [0, 0.05) is 31.6 Å². The molecule has 2 N–H and O–H groups in total. The molecule has 0 spiro atoms. The molecule has 19 heavy (non-hydrogen) atoms. The number of alkyl halides is 1. The smallest absolute Gasteiger partial charge is 0.317 e. The molecular formula is C12H15Cl2N3O2. The first-order valence-corrected chi connectivity index (χ1v) is 6.78. The van der Waals surface area contributed by atoms with E-state index in [2.05, 4.69) is 10.6 Å². The number of halogens is 2. The molecule has 2 unspecified atom stereocenters. The molecular weight excluding hydrogens is 289 g/mol. The first kappa shape index (κ1) is 14.2. The van der Waals surface area contributed by atoms with Crippen molar-refractivity contribution in [2.45, 2.75) is 17.8 Å². The zero-order valence-corrected chi connectivity index (χ0v) is 12.0. The monoisotopic (exact) mass is 303 g/mol. The molecule has 1 aliphatic carbocycles. The topological polar surface area (TPSA) is 61.4 Å². The predicted molar refractivity (Wildman–Crippen MR) is 74.2 cm³/mol. The van der Waals surface area contributed by atoms with E-state index in [4.69, 9.17) is 23.2 Å². The van der Waals surface area contributed by atoms with Crippen LogP contribution in [-0.2, 0) is 4.79 Å². The summed E-state index contributed by atoms with van der Waals surface area (Å²) in [5.74, 6) is -0.195. The molecule has 2 atom stereocenters. The lowest BCUT2D eigenvalue weighted by Gasteiger charge is -2.19. The fourth-order valence-electron chi connectivity index (χ4n) is 1.99. The minimum absolute atomic E-state index is 0.0882. The molecule has 1 aliphatic heterocycles. The highest BCUT2D eigenvalue weighted by Gasteiger charge is 2.32. The maximum atomic E-state index is 12.0. The van der Waals surface area contributed by atoms with Crippen LogP contribution < -0.4 is 10.6 Å². The summed E-state index contributed by atoms with van der Waals surface area (Å²) < 4.78 is 0. The van der Waals surface area contributed by atoms with Crippen LogP contribution in [-0.4, -0.2) is 48.4 Å². The van der Waals surface area contributed by atoms with E-state index in [9.17, 15) is 9.59 Å². The molecule has 0 aromatic rings. The van der Waals surface area contributed by atoms with Crippen LogP contribution in [0.15, 0.2) is 22.8 Å². The summed E-state index contributed by atoms with van der Waals surface area (Å²) in [7, 11) is 1.59. The first-order chi connectivity index (χ1) is 8.99. The zero-order valence-electron chi connectivity index (χ0n) is 10.5. The average Bonchev–Trinajstić information content (AvgIpc) is 2.69. The Balaban J connectivity index is 1.89. The van der Waals surface area contributed by atoms with E-state index in [0.29, 0.717) is 24.5 Å². The number of nitrogens with zero attached hydrogens (tertiary/aromatic N) is 1. The van der Waals surface area contributed by atoms with E-state index >= 15 is 0 Å². The van der Waals surface area contributed by atoms with Crippen LogP contribution in [0.5, 0.6) is 0 Å². The summed E-state index contributed by atoms with van der Waals surface area (Å²) in [6.45, 7) is 0.670. The molecule has 1 heterocycles. The van der Waals surface area contributed by atoms with Crippen molar-refractivity contribution >= 4 is 35.1 Å². The van der Waals surface area contributed by atoms with E-state index in [1.54, 1.807) is 7.05 Å². The lowest BCUT2D eigenvalue weighted by atomic mass is 10.1. The van der Waals surface area contributed by atoms with Gasteiger partial charge in [-0.15, -0.1) is 11.6 Å². The summed E-state index contributed by atoms with van der Waals surface area (Å²) in [4.78, 5) is 24.6. The fraction of sp³-hybridized carbons (Fsp3) is 0.500. The van der Waals surface area contributed by atoms with Gasteiger partial charge in [0.2, 0.25) is 5.91 Å². The Hall–Kier alpha value is -1.20. The number of allylic oxidation sites excluding steroid dienone is 2. The van der Waals surface area contributed by atoms with Crippen molar-refractivity contribution in [3.05, 3.63) is 22.8 Å². The molecule has 0 saturated carbocycles. The number of rotatable bonds is 3. The van der Waals surface area contributed by atoms with Gasteiger partial charge in [-0.25, -0.2) is 4.79 Å². The van der Waals surface area contributed by atoms with Gasteiger partial charge in [-0.2, -0.15) is 0 Å². The van der Waals surface area contributed by atoms with Gasteiger partial charge in [0.25, 0.3) is 0 Å². The van der Waals surface area contributed by atoms with Crippen LogP contribution >= 0.6 is 23.2 Å². The van der Waals surface area contributed by atoms with Crippen molar-refractivity contribution < 1.29 is 9.59 Å². The highest BCUT2D eigenvalue weighted by Crippen LogP contribution is 2.25. The van der Waals surface area contributed by atoms with Gasteiger partial charge in [0.15, 0.2) is 0 Å². The van der Waals surface area contributed by atoms with E-state index in [0.717, 1.165) is 5.57 Å². The molecule has 0 aromatic heterocycles. The number of amides is 3. The number of likely N-dealkylation sites (N-methyl/N-ethyl adjacent to an activating group) is 1. The average molecular weight is 304 g/mol. The molecule has 0 radical (unpaired) electrons. The highest BCUT2D eigenvalue weighted by molar-refractivity contribution is 6.31. The van der Waals surface area contributed by atoms with Crippen LogP contribution in [0.25, 0.3) is 0 Å². The van der Waals surface area contributed by atoms with Gasteiger partial charge in [0.05, 0.1) is 5.38 Å². The quantitative estimate of drug-likeness (QED) is 0.769. The number of hydrogen-bond acceptors (Lipinski definition) is 2. The van der Waals surface area contributed by atoms with Gasteiger partial charge in [-0.05, 0) is 5.57 Å². The molecule has 1 fully saturated rings. The first-order valence-electron chi connectivity index (χ1n) is 5.97. The molecule has 3 amide bonds. The third-order valence-corrected chi connectivity index (χ3v) is 3.92. The van der Waals surface area contributed by atoms with Gasteiger partial charge < -0.3 is 15.5 Å². The fourth-order valence-corrected chi connectivity index (χ4v) is 2.59. The molecule has 7 heteroatoms. The number of urea groups is 1. The van der Waals surface area contributed by atoms with Gasteiger partial charge in [0.1, 0.15) is 6.04 Å². The third-order valence-electron chi connectivity index (χ3n) is 3.22. The van der Waals surface area contributed by atoms with Gasteiger partial charge in [-0.3, -0.25) is 4.79 Å². The third kappa shape index (κ3) is 3.22. The molecule has 2 rings (SSSR count). The SMILES string of the molecule is CN1C(=O)NCC1C(=O)NCC1=C(Cl)CC(Cl)C=C1. The Labute approximate surface area is 121 Å². The van der Waals surface area contributed by atoms with Crippen LogP contribution in [0.1, 0.15) is 6.42 Å². The van der Waals surface area contributed by atoms with Crippen molar-refractivity contribution in [1.29, 1.82) is 0 Å². The largest absolute Gasteiger partial charge is 0.350 e. The summed E-state index contributed by atoms with van der Waals surface area (Å²) in [5.41, 5.74) is 0.854. The molecule has 104 valence electrons. The minimum Gasteiger partial charge on any atom is -0.350 e. The Kier molecular flexibility index (Phi) is 4.37. The maximum Gasteiger partial charge on any atom is 0.317 e. The molecule has 5 nitrogen and oxygen atoms in total. The standard InChI is InChI=1S/C12H15Cl2N3O2/c1-17-10(6-16-12(17)19)11(18)15-5-7-2-3-8(13)4-9(7)14/h2-3,8,10H,4-6H2,1H3,(H,15,18)(H,16,19). The minimum atomic E-state index is -0.472. The summed E-state index contributed by atoms with van der Waals surface area (Å²) in [6.07, 6.45) is 4.25. The number of carbonyl (C=O) groups excluding carboxylic acids is 2. The zero-order chi connectivity index (χ0) is 14.0. The number of carbonyl (C=O) groups is 2. The van der Waals surface area contributed by atoms with Crippen LogP contribution in [0.2, 0.25) is 0 Å². The van der Waals surface area contributed by atoms with Gasteiger partial charge >= 0.3 is 6.03 Å². The molecule has 2 aliphatic rings. The Morgan fingerprint density at radius 3 is 2.95 bits per heavy atom. The molecule has 0 bridgehead atoms. The summed E-state index contributed by atoms with van der Waals surface area (Å²) in [6, 6.07) is -0.708. The van der Waals surface area contributed by atoms with Crippen molar-refractivity contribution in [3.8, 4) is 0 Å². The second kappa shape index (κ2) is 5.84. The predicted octanol–water partition coefficient (Wildman–Crippen LogP) is 1.19. The maximum absolute atomic E-state index is 12.0. The normalized spacial score (nSPS) is 26.7. The molecule has 0 aromatic carbocycles. The Morgan fingerprint density at radius 1 is 1.63 bits per heavy atom. The number of nitrogens with one attached hydrogen (secondary N) is 2. The van der Waals surface area contributed by atoms with E-state index in [1.165, 1.54) is 4.90 Å². The Bertz CT molecular complexity index is 462. The van der Waals surface area contributed by atoms with Crippen LogP contribution in [0.4, 0.5) is 4.79 Å². The lowest BCUT2D eigenvalue weighted by molar-refractivity contribution is -0.124. The highest BCUT2D eigenvalue weighted by atomic mass is 35.5. The van der Waals surface area contributed by atoms with E-state index < -0.39 is 6.04 Å². The van der Waals surface area contributed by atoms with Crippen molar-refractivity contribution in [2.75, 3.05) is 20.1 Å². The van der Waals surface area contributed by atoms with E-state index in [-0.39, 0.29) is 17.3 Å². The van der Waals surface area contributed by atoms with Crippen LogP contribution in [0.3, 0.4) is 0 Å². The van der Waals surface area contributed by atoms with E-state index in [1.807, 2.05) is 12.2 Å². The van der Waals surface area contributed by atoms with Crippen molar-refractivity contribution in [3.63, 3.8) is 0 Å². The molecule has 1 saturated heterocycles.